The predicted molar refractivity (Wildman–Crippen MR) is 88.5 cm³/mol. The minimum absolute atomic E-state index is 0.404. The molecular formula is C17H22N2O2S. The number of rotatable bonds is 5. The molecule has 2 heterocycles. The van der Waals surface area contributed by atoms with E-state index in [1.54, 1.807) is 16.4 Å². The monoisotopic (exact) mass is 318 g/mol. The van der Waals surface area contributed by atoms with Gasteiger partial charge < -0.3 is 0 Å². The van der Waals surface area contributed by atoms with Crippen molar-refractivity contribution in [3.05, 3.63) is 41.6 Å². The quantitative estimate of drug-likeness (QED) is 0.837. The van der Waals surface area contributed by atoms with E-state index in [1.165, 1.54) is 0 Å². The largest absolute Gasteiger partial charge is 0.266 e. The minimum atomic E-state index is -3.34. The number of aryl methyl sites for hydroxylation is 1. The molecule has 1 saturated heterocycles. The Morgan fingerprint density at radius 1 is 1.27 bits per heavy atom. The lowest BCUT2D eigenvalue weighted by atomic mass is 10.0. The molecule has 1 unspecified atom stereocenters. The Balaban J connectivity index is 1.61. The van der Waals surface area contributed by atoms with Crippen LogP contribution in [0.5, 0.6) is 0 Å². The fraction of sp³-hybridized carbons (Fsp3) is 0.471. The summed E-state index contributed by atoms with van der Waals surface area (Å²) in [4.78, 5) is 4.73. The van der Waals surface area contributed by atoms with Gasteiger partial charge in [-0.1, -0.05) is 23.8 Å². The normalized spacial score (nSPS) is 22.2. The zero-order valence-electron chi connectivity index (χ0n) is 12.9. The summed E-state index contributed by atoms with van der Waals surface area (Å²) < 4.78 is 26.9. The maximum absolute atomic E-state index is 12.6. The summed E-state index contributed by atoms with van der Waals surface area (Å²) in [7, 11) is -3.34. The van der Waals surface area contributed by atoms with E-state index in [0.717, 1.165) is 36.9 Å². The first kappa shape index (κ1) is 15.4. The first-order valence-corrected chi connectivity index (χ1v) is 9.28. The Bertz CT molecular complexity index is 690. The van der Waals surface area contributed by atoms with Gasteiger partial charge in [-0.05, 0) is 44.2 Å². The zero-order chi connectivity index (χ0) is 15.6. The molecule has 2 aliphatic rings. The van der Waals surface area contributed by atoms with Crippen molar-refractivity contribution < 1.29 is 8.42 Å². The fourth-order valence-electron chi connectivity index (χ4n) is 3.04. The zero-order valence-corrected chi connectivity index (χ0v) is 13.7. The van der Waals surface area contributed by atoms with Gasteiger partial charge in [0.05, 0.1) is 4.90 Å². The average Bonchev–Trinajstić information content (AvgIpc) is 3.17. The topological polar surface area (TPSA) is 49.7 Å². The Kier molecular flexibility index (Phi) is 4.45. The van der Waals surface area contributed by atoms with Crippen molar-refractivity contribution in [1.29, 1.82) is 0 Å². The van der Waals surface area contributed by atoms with Crippen LogP contribution in [-0.2, 0) is 10.0 Å². The Morgan fingerprint density at radius 2 is 2.05 bits per heavy atom. The summed E-state index contributed by atoms with van der Waals surface area (Å²) >= 11 is 0. The van der Waals surface area contributed by atoms with Crippen molar-refractivity contribution in [1.82, 2.24) is 4.31 Å². The van der Waals surface area contributed by atoms with Crippen molar-refractivity contribution in [3.63, 3.8) is 0 Å². The molecule has 0 saturated carbocycles. The molecule has 4 nitrogen and oxygen atoms in total. The van der Waals surface area contributed by atoms with E-state index in [4.69, 9.17) is 0 Å². The van der Waals surface area contributed by atoms with Gasteiger partial charge in [0.1, 0.15) is 0 Å². The number of nitrogens with zero attached hydrogens (tertiary/aromatic N) is 2. The summed E-state index contributed by atoms with van der Waals surface area (Å²) in [5.74, 6) is 0.442. The number of aliphatic imine (C=N–C) groups is 1. The molecule has 0 N–H and O–H groups in total. The molecule has 1 aromatic rings. The lowest BCUT2D eigenvalue weighted by Crippen LogP contribution is -2.28. The van der Waals surface area contributed by atoms with Crippen LogP contribution in [0.2, 0.25) is 0 Å². The van der Waals surface area contributed by atoms with Crippen LogP contribution in [-0.4, -0.2) is 32.0 Å². The Labute approximate surface area is 132 Å². The van der Waals surface area contributed by atoms with Crippen molar-refractivity contribution in [2.45, 2.75) is 37.5 Å². The van der Waals surface area contributed by atoms with Gasteiger partial charge in [0.25, 0.3) is 0 Å². The van der Waals surface area contributed by atoms with Gasteiger partial charge in [0.2, 0.25) is 10.0 Å². The third-order valence-corrected chi connectivity index (χ3v) is 6.31. The standard InChI is InChI=1S/C17H22N2O2S/c1-14-4-8-17(9-5-14)22(20,21)19-12-10-15(13-19)6-7-16-3-2-11-18-16/h3-5,8-9,11,15H,2,6-7,10,12-13H2,1H3. The van der Waals surface area contributed by atoms with E-state index in [0.29, 0.717) is 23.9 Å². The number of sulfonamides is 1. The summed E-state index contributed by atoms with van der Waals surface area (Å²) in [6, 6.07) is 7.11. The lowest BCUT2D eigenvalue weighted by molar-refractivity contribution is 0.446. The van der Waals surface area contributed by atoms with Gasteiger partial charge in [-0.2, -0.15) is 4.31 Å². The van der Waals surface area contributed by atoms with E-state index in [-0.39, 0.29) is 0 Å². The highest BCUT2D eigenvalue weighted by atomic mass is 32.2. The maximum Gasteiger partial charge on any atom is 0.243 e. The SMILES string of the molecule is Cc1ccc(S(=O)(=O)N2CCC(CCC3=CCC=N3)C2)cc1. The molecule has 118 valence electrons. The van der Waals surface area contributed by atoms with Crippen molar-refractivity contribution >= 4 is 16.2 Å². The maximum atomic E-state index is 12.6. The van der Waals surface area contributed by atoms with Crippen LogP contribution in [0.1, 0.15) is 31.2 Å². The molecule has 0 radical (unpaired) electrons. The second-order valence-electron chi connectivity index (χ2n) is 6.11. The molecule has 0 amide bonds. The van der Waals surface area contributed by atoms with Gasteiger partial charge in [0, 0.05) is 31.4 Å². The van der Waals surface area contributed by atoms with Gasteiger partial charge in [-0.15, -0.1) is 0 Å². The smallest absolute Gasteiger partial charge is 0.243 e. The van der Waals surface area contributed by atoms with Crippen molar-refractivity contribution in [2.75, 3.05) is 13.1 Å². The highest BCUT2D eigenvalue weighted by molar-refractivity contribution is 7.89. The molecule has 5 heteroatoms. The predicted octanol–water partition coefficient (Wildman–Crippen LogP) is 3.14. The van der Waals surface area contributed by atoms with E-state index < -0.39 is 10.0 Å². The van der Waals surface area contributed by atoms with Gasteiger partial charge in [0.15, 0.2) is 0 Å². The molecule has 0 bridgehead atoms. The van der Waals surface area contributed by atoms with Gasteiger partial charge >= 0.3 is 0 Å². The third-order valence-electron chi connectivity index (χ3n) is 4.43. The number of hydrogen-bond acceptors (Lipinski definition) is 3. The molecule has 0 aromatic heterocycles. The molecule has 2 aliphatic heterocycles. The second-order valence-corrected chi connectivity index (χ2v) is 8.05. The van der Waals surface area contributed by atoms with Crippen LogP contribution in [0.25, 0.3) is 0 Å². The van der Waals surface area contributed by atoms with E-state index in [2.05, 4.69) is 11.1 Å². The first-order chi connectivity index (χ1) is 10.6. The summed E-state index contributed by atoms with van der Waals surface area (Å²) in [5.41, 5.74) is 2.23. The first-order valence-electron chi connectivity index (χ1n) is 7.84. The van der Waals surface area contributed by atoms with Crippen LogP contribution < -0.4 is 0 Å². The molecule has 22 heavy (non-hydrogen) atoms. The van der Waals surface area contributed by atoms with Gasteiger partial charge in [-0.25, -0.2) is 8.42 Å². The van der Waals surface area contributed by atoms with Crippen LogP contribution in [0, 0.1) is 12.8 Å². The summed E-state index contributed by atoms with van der Waals surface area (Å²) in [6.45, 7) is 3.22. The summed E-state index contributed by atoms with van der Waals surface area (Å²) in [6.07, 6.45) is 7.94. The number of hydrogen-bond donors (Lipinski definition) is 0. The number of allylic oxidation sites excluding steroid dienone is 2. The molecule has 1 aromatic carbocycles. The lowest BCUT2D eigenvalue weighted by Gasteiger charge is -2.17. The van der Waals surface area contributed by atoms with Crippen LogP contribution in [0.3, 0.4) is 0 Å². The van der Waals surface area contributed by atoms with E-state index >= 15 is 0 Å². The average molecular weight is 318 g/mol. The van der Waals surface area contributed by atoms with Crippen molar-refractivity contribution in [3.8, 4) is 0 Å². The highest BCUT2D eigenvalue weighted by Crippen LogP contribution is 2.28. The van der Waals surface area contributed by atoms with Crippen LogP contribution in [0.4, 0.5) is 0 Å². The van der Waals surface area contributed by atoms with E-state index in [9.17, 15) is 8.42 Å². The molecular weight excluding hydrogens is 296 g/mol. The molecule has 0 aliphatic carbocycles. The molecule has 1 atom stereocenters. The molecule has 1 fully saturated rings. The number of benzene rings is 1. The Hall–Kier alpha value is -1.46. The summed E-state index contributed by atoms with van der Waals surface area (Å²) in [5, 5.41) is 0. The van der Waals surface area contributed by atoms with Crippen molar-refractivity contribution in [2.24, 2.45) is 10.9 Å². The van der Waals surface area contributed by atoms with Crippen LogP contribution >= 0.6 is 0 Å². The van der Waals surface area contributed by atoms with Gasteiger partial charge in [-0.3, -0.25) is 4.99 Å². The Morgan fingerprint density at radius 3 is 2.73 bits per heavy atom. The second kappa shape index (κ2) is 6.34. The van der Waals surface area contributed by atoms with E-state index in [1.807, 2.05) is 25.3 Å². The molecule has 0 spiro atoms. The molecule has 3 rings (SSSR count). The highest BCUT2D eigenvalue weighted by Gasteiger charge is 2.32. The van der Waals surface area contributed by atoms with Crippen LogP contribution in [0.15, 0.2) is 45.9 Å². The third kappa shape index (κ3) is 3.31. The fourth-order valence-corrected chi connectivity index (χ4v) is 4.57. The minimum Gasteiger partial charge on any atom is -0.266 e.